The predicted octanol–water partition coefficient (Wildman–Crippen LogP) is 0.730. The standard InChI is InChI=1S/C5H7N3OS/c1-9-4-3(6)5(10)8-2-7-4/h2H,6H2,1H3,(H,7,8,10)/i1D. The maximum Gasteiger partial charge on any atom is 0.218 e. The summed E-state index contributed by atoms with van der Waals surface area (Å²) in [4.78, 5) is 6.35. The smallest absolute Gasteiger partial charge is 0.218 e. The van der Waals surface area contributed by atoms with Crippen LogP contribution < -0.4 is 10.5 Å². The predicted molar refractivity (Wildman–Crippen MR) is 40.4 cm³/mol. The van der Waals surface area contributed by atoms with Crippen LogP contribution in [-0.2, 0) is 0 Å². The Hall–Kier alpha value is -1.10. The van der Waals surface area contributed by atoms with Crippen LogP contribution in [0.15, 0.2) is 6.33 Å². The van der Waals surface area contributed by atoms with E-state index >= 15 is 0 Å². The maximum atomic E-state index is 6.76. The number of nitrogens with two attached hydrogens (primary N) is 1. The summed E-state index contributed by atoms with van der Waals surface area (Å²) >= 11 is 4.76. The first-order valence-electron chi connectivity index (χ1n) is 3.21. The Labute approximate surface area is 64.5 Å². The summed E-state index contributed by atoms with van der Waals surface area (Å²) in [7, 11) is -0.195. The first-order valence-corrected chi connectivity index (χ1v) is 2.91. The first kappa shape index (κ1) is 5.67. The second kappa shape index (κ2) is 2.66. The second-order valence-electron chi connectivity index (χ2n) is 1.59. The van der Waals surface area contributed by atoms with E-state index in [2.05, 4.69) is 9.97 Å². The average Bonchev–Trinajstić information content (AvgIpc) is 1.99. The molecule has 0 amide bonds. The van der Waals surface area contributed by atoms with Crippen LogP contribution >= 0.6 is 12.2 Å². The molecule has 1 heterocycles. The Morgan fingerprint density at radius 2 is 2.80 bits per heavy atom. The van der Waals surface area contributed by atoms with Gasteiger partial charge in [0.25, 0.3) is 0 Å². The molecule has 0 atom stereocenters. The van der Waals surface area contributed by atoms with Gasteiger partial charge >= 0.3 is 0 Å². The summed E-state index contributed by atoms with van der Waals surface area (Å²) in [6, 6.07) is 0. The van der Waals surface area contributed by atoms with Crippen molar-refractivity contribution in [2.45, 2.75) is 0 Å². The molecule has 0 unspecified atom stereocenters. The van der Waals surface area contributed by atoms with Crippen molar-refractivity contribution in [3.63, 3.8) is 0 Å². The minimum Gasteiger partial charge on any atom is -0.481 e. The van der Waals surface area contributed by atoms with E-state index in [0.717, 1.165) is 0 Å². The topological polar surface area (TPSA) is 63.9 Å². The Bertz CT molecular complexity index is 300. The fourth-order valence-electron chi connectivity index (χ4n) is 0.513. The van der Waals surface area contributed by atoms with Gasteiger partial charge in [-0.1, -0.05) is 12.2 Å². The molecule has 0 saturated heterocycles. The Morgan fingerprint density at radius 3 is 3.50 bits per heavy atom. The van der Waals surface area contributed by atoms with Crippen LogP contribution in [0.4, 0.5) is 5.69 Å². The highest BCUT2D eigenvalue weighted by molar-refractivity contribution is 7.71. The summed E-state index contributed by atoms with van der Waals surface area (Å²) < 4.78 is 11.8. The maximum absolute atomic E-state index is 6.76. The van der Waals surface area contributed by atoms with E-state index < -0.39 is 0 Å². The monoisotopic (exact) mass is 158 g/mol. The van der Waals surface area contributed by atoms with Gasteiger partial charge in [0, 0.05) is 0 Å². The quantitative estimate of drug-likeness (QED) is 0.591. The zero-order valence-electron chi connectivity index (χ0n) is 6.13. The number of anilines is 1. The van der Waals surface area contributed by atoms with Crippen LogP contribution in [0, 0.1) is 4.64 Å². The van der Waals surface area contributed by atoms with E-state index in [0.29, 0.717) is 5.88 Å². The van der Waals surface area contributed by atoms with Crippen LogP contribution in [0.1, 0.15) is 1.37 Å². The third kappa shape index (κ3) is 1.08. The minimum atomic E-state index is -0.195. The fraction of sp³-hybridized carbons (Fsp3) is 0.200. The Kier molecular flexibility index (Phi) is 1.51. The van der Waals surface area contributed by atoms with Crippen molar-refractivity contribution >= 4 is 17.9 Å². The van der Waals surface area contributed by atoms with Gasteiger partial charge in [0.2, 0.25) is 5.88 Å². The SMILES string of the molecule is [2H]COc1[nH]cnc(=S)c1N. The zero-order chi connectivity index (χ0) is 8.27. The number of hydrogen-bond donors (Lipinski definition) is 2. The van der Waals surface area contributed by atoms with Gasteiger partial charge in [0.05, 0.1) is 14.8 Å². The second-order valence-corrected chi connectivity index (χ2v) is 1.98. The molecule has 1 aromatic heterocycles. The zero-order valence-corrected chi connectivity index (χ0v) is 5.94. The van der Waals surface area contributed by atoms with Gasteiger partial charge in [-0.15, -0.1) is 0 Å². The molecule has 0 spiro atoms. The van der Waals surface area contributed by atoms with Crippen molar-refractivity contribution in [2.24, 2.45) is 0 Å². The van der Waals surface area contributed by atoms with E-state index in [-0.39, 0.29) is 17.4 Å². The molecule has 0 aliphatic carbocycles. The van der Waals surface area contributed by atoms with Crippen molar-refractivity contribution < 1.29 is 6.11 Å². The lowest BCUT2D eigenvalue weighted by Gasteiger charge is -2.00. The van der Waals surface area contributed by atoms with E-state index in [1.807, 2.05) is 0 Å². The van der Waals surface area contributed by atoms with Crippen LogP contribution in [0.3, 0.4) is 0 Å². The molecule has 10 heavy (non-hydrogen) atoms. The molecule has 1 rings (SSSR count). The molecular formula is C5H7N3OS. The lowest BCUT2D eigenvalue weighted by molar-refractivity contribution is 0.399. The molecule has 5 heteroatoms. The number of nitrogens with one attached hydrogen (secondary N) is 1. The average molecular weight is 158 g/mol. The molecule has 3 N–H and O–H groups in total. The van der Waals surface area contributed by atoms with Crippen LogP contribution in [0.2, 0.25) is 0 Å². The van der Waals surface area contributed by atoms with Crippen molar-refractivity contribution in [1.82, 2.24) is 9.97 Å². The van der Waals surface area contributed by atoms with Gasteiger partial charge in [-0.3, -0.25) is 0 Å². The van der Waals surface area contributed by atoms with Crippen molar-refractivity contribution in [2.75, 3.05) is 12.8 Å². The molecule has 4 nitrogen and oxygen atoms in total. The van der Waals surface area contributed by atoms with Gasteiger partial charge in [-0.25, -0.2) is 4.98 Å². The van der Waals surface area contributed by atoms with Gasteiger partial charge in [0.15, 0.2) is 4.64 Å². The number of nitrogens with zero attached hydrogens (tertiary/aromatic N) is 1. The number of aromatic amines is 1. The van der Waals surface area contributed by atoms with E-state index in [1.165, 1.54) is 6.33 Å². The summed E-state index contributed by atoms with van der Waals surface area (Å²) in [6.45, 7) is 0. The third-order valence-corrected chi connectivity index (χ3v) is 1.32. The fourth-order valence-corrected chi connectivity index (χ4v) is 0.659. The summed E-state index contributed by atoms with van der Waals surface area (Å²) in [5.41, 5.74) is 5.74. The number of aromatic nitrogens is 2. The third-order valence-electron chi connectivity index (χ3n) is 0.997. The highest BCUT2D eigenvalue weighted by atomic mass is 32.1. The molecule has 0 aliphatic rings. The number of rotatable bonds is 1. The molecule has 0 aliphatic heterocycles. The lowest BCUT2D eigenvalue weighted by Crippen LogP contribution is -1.96. The van der Waals surface area contributed by atoms with Crippen molar-refractivity contribution in [3.8, 4) is 5.88 Å². The van der Waals surface area contributed by atoms with Crippen molar-refractivity contribution in [3.05, 3.63) is 11.0 Å². The molecule has 0 bridgehead atoms. The highest BCUT2D eigenvalue weighted by Crippen LogP contribution is 2.15. The molecule has 0 aromatic carbocycles. The number of hydrogen-bond acceptors (Lipinski definition) is 4. The summed E-state index contributed by atoms with van der Waals surface area (Å²) in [6.07, 6.45) is 1.38. The molecule has 0 fully saturated rings. The van der Waals surface area contributed by atoms with Gasteiger partial charge in [-0.2, -0.15) is 0 Å². The number of ether oxygens (including phenoxy) is 1. The van der Waals surface area contributed by atoms with Crippen molar-refractivity contribution in [1.29, 1.82) is 0 Å². The van der Waals surface area contributed by atoms with E-state index in [9.17, 15) is 0 Å². The van der Waals surface area contributed by atoms with Gasteiger partial charge < -0.3 is 15.5 Å². The molecule has 0 saturated carbocycles. The summed E-state index contributed by atoms with van der Waals surface area (Å²) in [5, 5.41) is 0. The van der Waals surface area contributed by atoms with Gasteiger partial charge in [-0.05, 0) is 0 Å². The van der Waals surface area contributed by atoms with Crippen LogP contribution in [0.25, 0.3) is 0 Å². The highest BCUT2D eigenvalue weighted by Gasteiger charge is 1.98. The number of nitrogen functional groups attached to an aromatic ring is 1. The van der Waals surface area contributed by atoms with Crippen LogP contribution in [-0.4, -0.2) is 17.1 Å². The lowest BCUT2D eigenvalue weighted by atomic mass is 10.5. The van der Waals surface area contributed by atoms with E-state index in [1.54, 1.807) is 0 Å². The normalized spacial score (nSPS) is 10.6. The van der Waals surface area contributed by atoms with Crippen LogP contribution in [0.5, 0.6) is 5.88 Å². The largest absolute Gasteiger partial charge is 0.481 e. The van der Waals surface area contributed by atoms with E-state index in [4.69, 9.17) is 24.1 Å². The Balaban J connectivity index is 3.06. The summed E-state index contributed by atoms with van der Waals surface area (Å²) in [5.74, 6) is 0.306. The minimum absolute atomic E-state index is 0.195. The Morgan fingerprint density at radius 1 is 2.00 bits per heavy atom. The number of H-pyrrole nitrogens is 1. The molecule has 54 valence electrons. The first-order chi connectivity index (χ1) is 5.25. The molecule has 1 aromatic rings. The molecular weight excluding hydrogens is 150 g/mol. The van der Waals surface area contributed by atoms with Gasteiger partial charge in [0.1, 0.15) is 5.69 Å². The number of methoxy groups -OCH3 is 1. The molecule has 0 radical (unpaired) electrons.